The zero-order valence-electron chi connectivity index (χ0n) is 10.4. The van der Waals surface area contributed by atoms with Crippen LogP contribution in [0.2, 0.25) is 0 Å². The van der Waals surface area contributed by atoms with Gasteiger partial charge in [-0.3, -0.25) is 9.59 Å². The highest BCUT2D eigenvalue weighted by Gasteiger charge is 2.38. The van der Waals surface area contributed by atoms with Gasteiger partial charge < -0.3 is 10.2 Å². The maximum Gasteiger partial charge on any atom is 0.264 e. The third kappa shape index (κ3) is 1.88. The van der Waals surface area contributed by atoms with E-state index in [-0.39, 0.29) is 11.8 Å². The molecular weight excluding hydrogens is 292 g/mol. The summed E-state index contributed by atoms with van der Waals surface area (Å²) < 4.78 is 0.380. The predicted molar refractivity (Wildman–Crippen MR) is 84.2 cm³/mol. The van der Waals surface area contributed by atoms with E-state index >= 15 is 0 Å². The van der Waals surface area contributed by atoms with Crippen molar-refractivity contribution in [3.8, 4) is 0 Å². The number of nitrogens with zero attached hydrogens (tertiary/aromatic N) is 1. The van der Waals surface area contributed by atoms with Crippen molar-refractivity contribution >= 4 is 51.4 Å². The average molecular weight is 302 g/mol. The second kappa shape index (κ2) is 4.88. The number of nitrogens with one attached hydrogen (secondary N) is 1. The van der Waals surface area contributed by atoms with Gasteiger partial charge in [0.1, 0.15) is 4.32 Å². The van der Waals surface area contributed by atoms with Gasteiger partial charge in [0, 0.05) is 12.1 Å². The van der Waals surface area contributed by atoms with Crippen LogP contribution in [-0.2, 0) is 9.59 Å². The monoisotopic (exact) mass is 302 g/mol. The minimum absolute atomic E-state index is 0.187. The fourth-order valence-corrected chi connectivity index (χ4v) is 3.40. The van der Waals surface area contributed by atoms with Gasteiger partial charge >= 0.3 is 0 Å². The third-order valence-electron chi connectivity index (χ3n) is 3.08. The molecule has 1 N–H and O–H groups in total. The largest absolute Gasteiger partial charge is 0.307 e. The summed E-state index contributed by atoms with van der Waals surface area (Å²) in [5.74, 6) is -0.493. The van der Waals surface area contributed by atoms with E-state index in [1.165, 1.54) is 0 Å². The van der Waals surface area contributed by atoms with Crippen LogP contribution >= 0.6 is 24.0 Å². The van der Waals surface area contributed by atoms with Crippen molar-refractivity contribution in [2.45, 2.75) is 0 Å². The number of thiocarbonyl (C=S) groups is 1. The number of anilines is 1. The van der Waals surface area contributed by atoms with Crippen molar-refractivity contribution in [2.24, 2.45) is 0 Å². The lowest BCUT2D eigenvalue weighted by Gasteiger charge is -2.13. The lowest BCUT2D eigenvalue weighted by molar-refractivity contribution is -0.116. The number of benzene rings is 1. The van der Waals surface area contributed by atoms with Crippen molar-refractivity contribution in [3.05, 3.63) is 47.4 Å². The lowest BCUT2D eigenvalue weighted by atomic mass is 10.1. The first-order valence-electron chi connectivity index (χ1n) is 5.93. The smallest absolute Gasteiger partial charge is 0.264 e. The van der Waals surface area contributed by atoms with Crippen molar-refractivity contribution < 1.29 is 9.59 Å². The summed E-state index contributed by atoms with van der Waals surface area (Å²) in [6.07, 6.45) is 1.66. The second-order valence-corrected chi connectivity index (χ2v) is 5.96. The van der Waals surface area contributed by atoms with Gasteiger partial charge in [0.15, 0.2) is 0 Å². The molecule has 100 valence electrons. The van der Waals surface area contributed by atoms with E-state index in [0.717, 1.165) is 23.0 Å². The molecule has 1 aromatic rings. The van der Waals surface area contributed by atoms with E-state index in [0.29, 0.717) is 21.3 Å². The highest BCUT2D eigenvalue weighted by atomic mass is 32.2. The second-order valence-electron chi connectivity index (χ2n) is 4.27. The highest BCUT2D eigenvalue weighted by Crippen LogP contribution is 2.42. The number of hydrogen-bond donors (Lipinski definition) is 1. The summed E-state index contributed by atoms with van der Waals surface area (Å²) in [4.78, 5) is 26.5. The van der Waals surface area contributed by atoms with E-state index < -0.39 is 0 Å². The zero-order valence-corrected chi connectivity index (χ0v) is 12.0. The van der Waals surface area contributed by atoms with Crippen LogP contribution in [0.4, 0.5) is 5.69 Å². The molecule has 0 radical (unpaired) electrons. The SMILES string of the molecule is C=CCN1C(=O)C(=C2SC(=S)NC2=O)c2ccccc21. The van der Waals surface area contributed by atoms with Crippen molar-refractivity contribution in [2.75, 3.05) is 11.4 Å². The summed E-state index contributed by atoms with van der Waals surface area (Å²) in [7, 11) is 0. The Morgan fingerprint density at radius 3 is 2.75 bits per heavy atom. The Kier molecular flexibility index (Phi) is 3.19. The fourth-order valence-electron chi connectivity index (χ4n) is 2.29. The molecule has 0 atom stereocenters. The quantitative estimate of drug-likeness (QED) is 0.516. The maximum atomic E-state index is 12.6. The number of rotatable bonds is 2. The lowest BCUT2D eigenvalue weighted by Crippen LogP contribution is -2.27. The number of para-hydroxylation sites is 1. The van der Waals surface area contributed by atoms with Gasteiger partial charge in [0.25, 0.3) is 11.8 Å². The molecular formula is C14H10N2O2S2. The Bertz CT molecular complexity index is 694. The van der Waals surface area contributed by atoms with Crippen LogP contribution in [0.1, 0.15) is 5.56 Å². The molecule has 1 aromatic carbocycles. The van der Waals surface area contributed by atoms with Gasteiger partial charge in [-0.2, -0.15) is 0 Å². The molecule has 0 bridgehead atoms. The summed E-state index contributed by atoms with van der Waals surface area (Å²) >= 11 is 6.12. The first-order chi connectivity index (χ1) is 9.63. The normalized spacial score (nSPS) is 21.2. The minimum atomic E-state index is -0.307. The summed E-state index contributed by atoms with van der Waals surface area (Å²) in [5, 5.41) is 2.55. The molecule has 20 heavy (non-hydrogen) atoms. The summed E-state index contributed by atoms with van der Waals surface area (Å²) in [6, 6.07) is 7.41. The Labute approximate surface area is 125 Å². The number of amides is 2. The molecule has 2 aliphatic rings. The van der Waals surface area contributed by atoms with Gasteiger partial charge in [-0.25, -0.2) is 0 Å². The molecule has 1 saturated heterocycles. The molecule has 3 rings (SSSR count). The first-order valence-corrected chi connectivity index (χ1v) is 7.15. The van der Waals surface area contributed by atoms with Crippen LogP contribution in [0.3, 0.4) is 0 Å². The molecule has 0 aliphatic carbocycles. The van der Waals surface area contributed by atoms with Gasteiger partial charge in [0.2, 0.25) is 0 Å². The number of hydrogen-bond acceptors (Lipinski definition) is 4. The van der Waals surface area contributed by atoms with Crippen LogP contribution in [0, 0.1) is 0 Å². The van der Waals surface area contributed by atoms with Crippen molar-refractivity contribution in [1.29, 1.82) is 0 Å². The molecule has 2 aliphatic heterocycles. The number of carbonyl (C=O) groups excluding carboxylic acids is 2. The Morgan fingerprint density at radius 2 is 2.10 bits per heavy atom. The number of fused-ring (bicyclic) bond motifs is 1. The van der Waals surface area contributed by atoms with Crippen LogP contribution in [-0.4, -0.2) is 22.7 Å². The van der Waals surface area contributed by atoms with Gasteiger partial charge in [-0.15, -0.1) is 6.58 Å². The highest BCUT2D eigenvalue weighted by molar-refractivity contribution is 8.27. The van der Waals surface area contributed by atoms with Crippen LogP contribution in [0.25, 0.3) is 5.57 Å². The van der Waals surface area contributed by atoms with Crippen molar-refractivity contribution in [1.82, 2.24) is 5.32 Å². The van der Waals surface area contributed by atoms with Crippen LogP contribution in [0.5, 0.6) is 0 Å². The van der Waals surface area contributed by atoms with Crippen molar-refractivity contribution in [3.63, 3.8) is 0 Å². The summed E-state index contributed by atoms with van der Waals surface area (Å²) in [6.45, 7) is 4.07. The summed E-state index contributed by atoms with van der Waals surface area (Å²) in [5.41, 5.74) is 1.98. The third-order valence-corrected chi connectivity index (χ3v) is 4.31. The van der Waals surface area contributed by atoms with Crippen LogP contribution in [0.15, 0.2) is 41.8 Å². The van der Waals surface area contributed by atoms with Crippen LogP contribution < -0.4 is 10.2 Å². The predicted octanol–water partition coefficient (Wildman–Crippen LogP) is 2.08. The number of thioether (sulfide) groups is 1. The van der Waals surface area contributed by atoms with E-state index in [9.17, 15) is 9.59 Å². The van der Waals surface area contributed by atoms with E-state index in [1.54, 1.807) is 11.0 Å². The molecule has 2 amide bonds. The zero-order chi connectivity index (χ0) is 14.3. The standard InChI is InChI=1S/C14H10N2O2S2/c1-2-7-16-9-6-4-3-5-8(9)10(13(16)18)11-12(17)15-14(19)20-11/h2-6H,1,7H2,(H,15,17,19). The van der Waals surface area contributed by atoms with E-state index in [2.05, 4.69) is 11.9 Å². The molecule has 0 aromatic heterocycles. The molecule has 0 saturated carbocycles. The molecule has 0 unspecified atom stereocenters. The first kappa shape index (κ1) is 13.1. The molecule has 1 fully saturated rings. The molecule has 4 nitrogen and oxygen atoms in total. The number of carbonyl (C=O) groups is 2. The minimum Gasteiger partial charge on any atom is -0.307 e. The molecule has 0 spiro atoms. The van der Waals surface area contributed by atoms with Gasteiger partial charge in [-0.1, -0.05) is 48.3 Å². The van der Waals surface area contributed by atoms with Gasteiger partial charge in [-0.05, 0) is 6.07 Å². The van der Waals surface area contributed by atoms with Gasteiger partial charge in [0.05, 0.1) is 16.2 Å². The topological polar surface area (TPSA) is 49.4 Å². The maximum absolute atomic E-state index is 12.6. The molecule has 6 heteroatoms. The fraction of sp³-hybridized carbons (Fsp3) is 0.0714. The average Bonchev–Trinajstić information content (AvgIpc) is 2.88. The Hall–Kier alpha value is -1.92. The Morgan fingerprint density at radius 1 is 1.35 bits per heavy atom. The van der Waals surface area contributed by atoms with E-state index in [4.69, 9.17) is 12.2 Å². The molecule has 2 heterocycles. The Balaban J connectivity index is 2.21. The van der Waals surface area contributed by atoms with E-state index in [1.807, 2.05) is 24.3 Å².